The molecule has 0 spiro atoms. The number of rotatable bonds is 2. The van der Waals surface area contributed by atoms with Crippen molar-refractivity contribution in [2.24, 2.45) is 11.8 Å². The van der Waals surface area contributed by atoms with Crippen LogP contribution < -0.4 is 5.32 Å². The van der Waals surface area contributed by atoms with Crippen molar-refractivity contribution in [2.75, 3.05) is 5.32 Å². The van der Waals surface area contributed by atoms with E-state index in [1.807, 2.05) is 0 Å². The van der Waals surface area contributed by atoms with Gasteiger partial charge in [0.25, 0.3) is 0 Å². The second kappa shape index (κ2) is 3.63. The van der Waals surface area contributed by atoms with Crippen LogP contribution in [0.1, 0.15) is 25.7 Å². The number of anilines is 1. The van der Waals surface area contributed by atoms with Gasteiger partial charge in [-0.2, -0.15) is 0 Å². The normalized spacial score (nSPS) is 33.3. The van der Waals surface area contributed by atoms with Gasteiger partial charge in [-0.1, -0.05) is 18.0 Å². The number of hydrogen-bond donors (Lipinski definition) is 1. The van der Waals surface area contributed by atoms with E-state index in [1.54, 1.807) is 12.4 Å². The third-order valence-corrected chi connectivity index (χ3v) is 3.86. The van der Waals surface area contributed by atoms with Crippen molar-refractivity contribution in [3.8, 4) is 0 Å². The van der Waals surface area contributed by atoms with Crippen molar-refractivity contribution in [1.82, 2.24) is 9.97 Å². The van der Waals surface area contributed by atoms with Gasteiger partial charge in [-0.25, -0.2) is 4.98 Å². The molecular weight excluding hydrogens is 210 g/mol. The Labute approximate surface area is 94.3 Å². The second-order valence-corrected chi connectivity index (χ2v) is 5.04. The summed E-state index contributed by atoms with van der Waals surface area (Å²) in [6.07, 6.45) is 8.79. The van der Waals surface area contributed by atoms with Crippen LogP contribution in [0.15, 0.2) is 12.4 Å². The molecule has 3 atom stereocenters. The molecule has 0 amide bonds. The number of halogens is 1. The lowest BCUT2D eigenvalue weighted by atomic mass is 9.95. The first-order valence-corrected chi connectivity index (χ1v) is 5.93. The zero-order valence-electron chi connectivity index (χ0n) is 8.49. The molecule has 3 unspecified atom stereocenters. The maximum atomic E-state index is 5.80. The Hall–Kier alpha value is -0.830. The van der Waals surface area contributed by atoms with Crippen molar-refractivity contribution in [3.05, 3.63) is 17.5 Å². The molecule has 1 aromatic heterocycles. The highest BCUT2D eigenvalue weighted by Crippen LogP contribution is 2.45. The molecule has 1 N–H and O–H groups in total. The van der Waals surface area contributed by atoms with Crippen LogP contribution in [-0.4, -0.2) is 16.0 Å². The number of aromatic nitrogens is 2. The van der Waals surface area contributed by atoms with E-state index in [1.165, 1.54) is 25.7 Å². The van der Waals surface area contributed by atoms with Crippen LogP contribution in [0.2, 0.25) is 5.15 Å². The first-order valence-electron chi connectivity index (χ1n) is 5.55. The summed E-state index contributed by atoms with van der Waals surface area (Å²) in [5.74, 6) is 2.61. The molecule has 2 aliphatic rings. The van der Waals surface area contributed by atoms with Crippen LogP contribution in [0.4, 0.5) is 5.82 Å². The molecule has 80 valence electrons. The van der Waals surface area contributed by atoms with Gasteiger partial charge in [-0.15, -0.1) is 0 Å². The molecule has 0 saturated heterocycles. The quantitative estimate of drug-likeness (QED) is 0.838. The molecule has 1 aromatic rings. The van der Waals surface area contributed by atoms with Crippen LogP contribution in [0.25, 0.3) is 0 Å². The standard InChI is InChI=1S/C11H14ClN3/c12-10-5-13-6-11(15-10)14-9-4-7-1-2-8(9)3-7/h5-9H,1-4H2,(H,14,15). The van der Waals surface area contributed by atoms with Gasteiger partial charge < -0.3 is 5.32 Å². The van der Waals surface area contributed by atoms with Gasteiger partial charge in [-0.05, 0) is 31.1 Å². The molecule has 2 saturated carbocycles. The van der Waals surface area contributed by atoms with E-state index in [-0.39, 0.29) is 0 Å². The van der Waals surface area contributed by atoms with Crippen LogP contribution in [0, 0.1) is 11.8 Å². The fraction of sp³-hybridized carbons (Fsp3) is 0.636. The Morgan fingerprint density at radius 1 is 1.27 bits per heavy atom. The minimum absolute atomic E-state index is 0.461. The average molecular weight is 224 g/mol. The summed E-state index contributed by atoms with van der Waals surface area (Å²) in [7, 11) is 0. The smallest absolute Gasteiger partial charge is 0.149 e. The van der Waals surface area contributed by atoms with E-state index >= 15 is 0 Å². The summed E-state index contributed by atoms with van der Waals surface area (Å²) in [5.41, 5.74) is 0. The predicted molar refractivity (Wildman–Crippen MR) is 59.9 cm³/mol. The van der Waals surface area contributed by atoms with Crippen molar-refractivity contribution < 1.29 is 0 Å². The van der Waals surface area contributed by atoms with Crippen molar-refractivity contribution in [1.29, 1.82) is 0 Å². The Morgan fingerprint density at radius 3 is 2.87 bits per heavy atom. The summed E-state index contributed by atoms with van der Waals surface area (Å²) in [4.78, 5) is 8.24. The molecular formula is C11H14ClN3. The summed E-state index contributed by atoms with van der Waals surface area (Å²) in [5, 5.41) is 3.92. The lowest BCUT2D eigenvalue weighted by molar-refractivity contribution is 0.439. The second-order valence-electron chi connectivity index (χ2n) is 4.65. The molecule has 3 nitrogen and oxygen atoms in total. The van der Waals surface area contributed by atoms with Gasteiger partial charge in [-0.3, -0.25) is 4.98 Å². The van der Waals surface area contributed by atoms with Crippen LogP contribution >= 0.6 is 11.6 Å². The van der Waals surface area contributed by atoms with E-state index < -0.39 is 0 Å². The maximum Gasteiger partial charge on any atom is 0.149 e. The summed E-state index contributed by atoms with van der Waals surface area (Å²) in [6, 6.07) is 0.594. The molecule has 3 rings (SSSR count). The van der Waals surface area contributed by atoms with Crippen LogP contribution in [0.3, 0.4) is 0 Å². The first kappa shape index (κ1) is 9.40. The third kappa shape index (κ3) is 1.81. The average Bonchev–Trinajstić information content (AvgIpc) is 2.79. The summed E-state index contributed by atoms with van der Waals surface area (Å²) < 4.78 is 0. The summed E-state index contributed by atoms with van der Waals surface area (Å²) in [6.45, 7) is 0. The molecule has 0 radical (unpaired) electrons. The van der Waals surface area contributed by atoms with E-state index in [0.29, 0.717) is 11.2 Å². The fourth-order valence-electron chi connectivity index (χ4n) is 3.02. The maximum absolute atomic E-state index is 5.80. The monoisotopic (exact) mass is 223 g/mol. The Balaban J connectivity index is 1.71. The molecule has 1 heterocycles. The fourth-order valence-corrected chi connectivity index (χ4v) is 3.17. The number of nitrogens with zero attached hydrogens (tertiary/aromatic N) is 2. The van der Waals surface area contributed by atoms with E-state index in [0.717, 1.165) is 17.7 Å². The minimum atomic E-state index is 0.461. The largest absolute Gasteiger partial charge is 0.366 e. The van der Waals surface area contributed by atoms with Crippen molar-refractivity contribution in [3.63, 3.8) is 0 Å². The van der Waals surface area contributed by atoms with Gasteiger partial charge in [0.2, 0.25) is 0 Å². The highest BCUT2D eigenvalue weighted by Gasteiger charge is 2.39. The molecule has 2 aliphatic carbocycles. The molecule has 2 fully saturated rings. The third-order valence-electron chi connectivity index (χ3n) is 3.68. The predicted octanol–water partition coefficient (Wildman–Crippen LogP) is 2.73. The topological polar surface area (TPSA) is 37.8 Å². The number of fused-ring (bicyclic) bond motifs is 2. The molecule has 15 heavy (non-hydrogen) atoms. The molecule has 4 heteroatoms. The first-order chi connectivity index (χ1) is 7.31. The lowest BCUT2D eigenvalue weighted by Crippen LogP contribution is -2.26. The van der Waals surface area contributed by atoms with Gasteiger partial charge in [0.15, 0.2) is 0 Å². The zero-order valence-corrected chi connectivity index (χ0v) is 9.24. The van der Waals surface area contributed by atoms with Gasteiger partial charge >= 0.3 is 0 Å². The number of hydrogen-bond acceptors (Lipinski definition) is 3. The van der Waals surface area contributed by atoms with E-state index in [9.17, 15) is 0 Å². The van der Waals surface area contributed by atoms with E-state index in [4.69, 9.17) is 11.6 Å². The Morgan fingerprint density at radius 2 is 2.20 bits per heavy atom. The SMILES string of the molecule is Clc1cncc(NC2CC3CCC2C3)n1. The number of nitrogens with one attached hydrogen (secondary N) is 1. The molecule has 0 aliphatic heterocycles. The summed E-state index contributed by atoms with van der Waals surface area (Å²) >= 11 is 5.80. The molecule has 0 aromatic carbocycles. The van der Waals surface area contributed by atoms with Crippen molar-refractivity contribution in [2.45, 2.75) is 31.7 Å². The Kier molecular flexibility index (Phi) is 2.28. The highest BCUT2D eigenvalue weighted by atomic mass is 35.5. The van der Waals surface area contributed by atoms with Crippen molar-refractivity contribution >= 4 is 17.4 Å². The highest BCUT2D eigenvalue weighted by molar-refractivity contribution is 6.29. The van der Waals surface area contributed by atoms with Gasteiger partial charge in [0, 0.05) is 6.04 Å². The van der Waals surface area contributed by atoms with E-state index in [2.05, 4.69) is 15.3 Å². The molecule has 2 bridgehead atoms. The minimum Gasteiger partial charge on any atom is -0.366 e. The van der Waals surface area contributed by atoms with Gasteiger partial charge in [0.05, 0.1) is 12.4 Å². The van der Waals surface area contributed by atoms with Crippen LogP contribution in [-0.2, 0) is 0 Å². The van der Waals surface area contributed by atoms with Crippen LogP contribution in [0.5, 0.6) is 0 Å². The Bertz CT molecular complexity index is 369. The lowest BCUT2D eigenvalue weighted by Gasteiger charge is -2.23. The van der Waals surface area contributed by atoms with Gasteiger partial charge in [0.1, 0.15) is 11.0 Å². The zero-order chi connectivity index (χ0) is 10.3.